The fourth-order valence-electron chi connectivity index (χ4n) is 3.01. The fourth-order valence-corrected chi connectivity index (χ4v) is 3.01. The van der Waals surface area contributed by atoms with E-state index in [1.165, 1.54) is 0 Å². The number of para-hydroxylation sites is 2. The minimum Gasteiger partial charge on any atom is -0.451 e. The molecule has 0 atom stereocenters. The van der Waals surface area contributed by atoms with Crippen molar-refractivity contribution in [1.29, 1.82) is 0 Å². The standard InChI is InChI=1S/C21H19N3O2/c1-15-7-6-8-17-11-19(26-20(15)17)21(25)23(2)13-16-12-22-24(14-16)18-9-4-3-5-10-18/h3-12,14H,13H2,1-2H3. The molecule has 0 unspecified atom stereocenters. The molecule has 4 rings (SSSR count). The van der Waals surface area contributed by atoms with Crippen LogP contribution in [0.4, 0.5) is 0 Å². The van der Waals surface area contributed by atoms with Crippen LogP contribution in [0.2, 0.25) is 0 Å². The number of hydrogen-bond acceptors (Lipinski definition) is 3. The van der Waals surface area contributed by atoms with E-state index >= 15 is 0 Å². The van der Waals surface area contributed by atoms with Crippen molar-refractivity contribution in [2.45, 2.75) is 13.5 Å². The van der Waals surface area contributed by atoms with Crippen LogP contribution in [0.3, 0.4) is 0 Å². The molecule has 26 heavy (non-hydrogen) atoms. The van der Waals surface area contributed by atoms with E-state index in [2.05, 4.69) is 5.10 Å². The molecular formula is C21H19N3O2. The van der Waals surface area contributed by atoms with Gasteiger partial charge in [0, 0.05) is 30.7 Å². The van der Waals surface area contributed by atoms with Gasteiger partial charge in [-0.3, -0.25) is 4.79 Å². The summed E-state index contributed by atoms with van der Waals surface area (Å²) in [5.74, 6) is 0.209. The molecule has 0 fully saturated rings. The van der Waals surface area contributed by atoms with Crippen LogP contribution in [-0.2, 0) is 6.54 Å². The summed E-state index contributed by atoms with van der Waals surface area (Å²) >= 11 is 0. The van der Waals surface area contributed by atoms with Gasteiger partial charge < -0.3 is 9.32 Å². The first-order chi connectivity index (χ1) is 12.6. The Bertz CT molecular complexity index is 1060. The Morgan fingerprint density at radius 3 is 2.73 bits per heavy atom. The van der Waals surface area contributed by atoms with Gasteiger partial charge in [0.1, 0.15) is 5.58 Å². The highest BCUT2D eigenvalue weighted by atomic mass is 16.3. The molecule has 0 bridgehead atoms. The summed E-state index contributed by atoms with van der Waals surface area (Å²) in [7, 11) is 1.77. The van der Waals surface area contributed by atoms with E-state index in [1.807, 2.05) is 61.7 Å². The Hall–Kier alpha value is -3.34. The summed E-state index contributed by atoms with van der Waals surface area (Å²) in [4.78, 5) is 14.3. The van der Waals surface area contributed by atoms with Gasteiger partial charge in [-0.25, -0.2) is 4.68 Å². The number of hydrogen-bond donors (Lipinski definition) is 0. The van der Waals surface area contributed by atoms with Crippen LogP contribution in [0.5, 0.6) is 0 Å². The topological polar surface area (TPSA) is 51.3 Å². The highest BCUT2D eigenvalue weighted by Crippen LogP contribution is 2.23. The second kappa shape index (κ2) is 6.52. The van der Waals surface area contributed by atoms with Crippen molar-refractivity contribution in [2.24, 2.45) is 0 Å². The van der Waals surface area contributed by atoms with Crippen molar-refractivity contribution in [3.8, 4) is 5.69 Å². The van der Waals surface area contributed by atoms with Crippen LogP contribution in [-0.4, -0.2) is 27.6 Å². The third-order valence-corrected chi connectivity index (χ3v) is 4.37. The molecule has 1 amide bonds. The predicted molar refractivity (Wildman–Crippen MR) is 100 cm³/mol. The van der Waals surface area contributed by atoms with Gasteiger partial charge in [-0.05, 0) is 30.7 Å². The number of amides is 1. The Labute approximate surface area is 151 Å². The van der Waals surface area contributed by atoms with Gasteiger partial charge in [-0.1, -0.05) is 36.4 Å². The summed E-state index contributed by atoms with van der Waals surface area (Å²) in [6.45, 7) is 2.43. The van der Waals surface area contributed by atoms with E-state index in [-0.39, 0.29) is 5.91 Å². The van der Waals surface area contributed by atoms with Gasteiger partial charge in [-0.15, -0.1) is 0 Å². The number of rotatable bonds is 4. The lowest BCUT2D eigenvalue weighted by molar-refractivity contribution is 0.0756. The summed E-state index contributed by atoms with van der Waals surface area (Å²) < 4.78 is 7.59. The molecule has 5 nitrogen and oxygen atoms in total. The average molecular weight is 345 g/mol. The van der Waals surface area contributed by atoms with Crippen molar-refractivity contribution < 1.29 is 9.21 Å². The summed E-state index contributed by atoms with van der Waals surface area (Å²) in [6.07, 6.45) is 3.71. The van der Waals surface area contributed by atoms with Gasteiger partial charge in [-0.2, -0.15) is 5.10 Å². The van der Waals surface area contributed by atoms with Crippen molar-refractivity contribution in [3.63, 3.8) is 0 Å². The van der Waals surface area contributed by atoms with E-state index in [0.29, 0.717) is 12.3 Å². The Morgan fingerprint density at radius 1 is 1.15 bits per heavy atom. The molecule has 5 heteroatoms. The highest BCUT2D eigenvalue weighted by molar-refractivity contribution is 5.96. The molecule has 0 aliphatic heterocycles. The Morgan fingerprint density at radius 2 is 1.96 bits per heavy atom. The molecule has 0 saturated carbocycles. The summed E-state index contributed by atoms with van der Waals surface area (Å²) in [6, 6.07) is 17.6. The molecular weight excluding hydrogens is 326 g/mol. The third-order valence-electron chi connectivity index (χ3n) is 4.37. The zero-order valence-electron chi connectivity index (χ0n) is 14.7. The average Bonchev–Trinajstić information content (AvgIpc) is 3.29. The van der Waals surface area contributed by atoms with Crippen molar-refractivity contribution in [3.05, 3.63) is 83.9 Å². The maximum Gasteiger partial charge on any atom is 0.289 e. The first-order valence-electron chi connectivity index (χ1n) is 8.45. The Kier molecular flexibility index (Phi) is 4.05. The second-order valence-corrected chi connectivity index (χ2v) is 6.39. The molecule has 0 radical (unpaired) electrons. The summed E-state index contributed by atoms with van der Waals surface area (Å²) in [5, 5.41) is 5.32. The van der Waals surface area contributed by atoms with Crippen LogP contribution in [0, 0.1) is 6.92 Å². The first kappa shape index (κ1) is 16.1. The van der Waals surface area contributed by atoms with E-state index in [1.54, 1.807) is 28.9 Å². The van der Waals surface area contributed by atoms with Crippen molar-refractivity contribution in [2.75, 3.05) is 7.05 Å². The van der Waals surface area contributed by atoms with Crippen LogP contribution >= 0.6 is 0 Å². The molecule has 0 spiro atoms. The monoisotopic (exact) mass is 345 g/mol. The largest absolute Gasteiger partial charge is 0.451 e. The number of furan rings is 1. The number of carbonyl (C=O) groups is 1. The van der Waals surface area contributed by atoms with Gasteiger partial charge in [0.15, 0.2) is 5.76 Å². The van der Waals surface area contributed by atoms with E-state index < -0.39 is 0 Å². The Balaban J connectivity index is 1.52. The van der Waals surface area contributed by atoms with E-state index in [0.717, 1.165) is 27.8 Å². The van der Waals surface area contributed by atoms with Crippen LogP contribution in [0.25, 0.3) is 16.7 Å². The lowest BCUT2D eigenvalue weighted by Gasteiger charge is -2.14. The number of aromatic nitrogens is 2. The minimum absolute atomic E-state index is 0.145. The van der Waals surface area contributed by atoms with Crippen molar-refractivity contribution >= 4 is 16.9 Å². The molecule has 130 valence electrons. The molecule has 0 saturated heterocycles. The predicted octanol–water partition coefficient (Wildman–Crippen LogP) is 4.20. The van der Waals surface area contributed by atoms with Gasteiger partial charge >= 0.3 is 0 Å². The fraction of sp³-hybridized carbons (Fsp3) is 0.143. The number of fused-ring (bicyclic) bond motifs is 1. The molecule has 2 heterocycles. The van der Waals surface area contributed by atoms with Crippen LogP contribution in [0.1, 0.15) is 21.7 Å². The maximum atomic E-state index is 12.7. The zero-order chi connectivity index (χ0) is 18.1. The molecule has 0 aliphatic carbocycles. The van der Waals surface area contributed by atoms with Crippen LogP contribution < -0.4 is 0 Å². The minimum atomic E-state index is -0.145. The smallest absolute Gasteiger partial charge is 0.289 e. The third kappa shape index (κ3) is 2.99. The number of carbonyl (C=O) groups excluding carboxylic acids is 1. The maximum absolute atomic E-state index is 12.7. The van der Waals surface area contributed by atoms with E-state index in [9.17, 15) is 4.79 Å². The van der Waals surface area contributed by atoms with Gasteiger partial charge in [0.2, 0.25) is 0 Å². The molecule has 2 aromatic carbocycles. The lowest BCUT2D eigenvalue weighted by atomic mass is 10.2. The normalized spacial score (nSPS) is 11.0. The second-order valence-electron chi connectivity index (χ2n) is 6.39. The van der Waals surface area contributed by atoms with Crippen molar-refractivity contribution in [1.82, 2.24) is 14.7 Å². The summed E-state index contributed by atoms with van der Waals surface area (Å²) in [5.41, 5.74) is 3.73. The quantitative estimate of drug-likeness (QED) is 0.557. The molecule has 4 aromatic rings. The van der Waals surface area contributed by atoms with Crippen LogP contribution in [0.15, 0.2) is 71.4 Å². The number of nitrogens with zero attached hydrogens (tertiary/aromatic N) is 3. The van der Waals surface area contributed by atoms with Gasteiger partial charge in [0.05, 0.1) is 11.9 Å². The zero-order valence-corrected chi connectivity index (χ0v) is 14.7. The SMILES string of the molecule is Cc1cccc2cc(C(=O)N(C)Cc3cnn(-c4ccccc4)c3)oc12. The lowest BCUT2D eigenvalue weighted by Crippen LogP contribution is -2.25. The first-order valence-corrected chi connectivity index (χ1v) is 8.45. The highest BCUT2D eigenvalue weighted by Gasteiger charge is 2.18. The molecule has 0 aliphatic rings. The number of aryl methyl sites for hydroxylation is 1. The molecule has 0 N–H and O–H groups in total. The van der Waals surface area contributed by atoms with Gasteiger partial charge in [0.25, 0.3) is 5.91 Å². The molecule has 2 aromatic heterocycles. The van der Waals surface area contributed by atoms with E-state index in [4.69, 9.17) is 4.42 Å². The number of benzene rings is 2.